The summed E-state index contributed by atoms with van der Waals surface area (Å²) in [5, 5.41) is 6.66. The van der Waals surface area contributed by atoms with Crippen molar-refractivity contribution in [3.05, 3.63) is 11.4 Å². The topological polar surface area (TPSA) is 118 Å². The highest BCUT2D eigenvalue weighted by Crippen LogP contribution is 2.22. The first kappa shape index (κ1) is 12.4. The zero-order valence-electron chi connectivity index (χ0n) is 10.3. The molecule has 0 spiro atoms. The molecule has 0 radical (unpaired) electrons. The number of primary amides is 1. The number of rotatable bonds is 3. The molecule has 2 amide bonds. The number of nitrogens with two attached hydrogens (primary N) is 2. The maximum Gasteiger partial charge on any atom is 0.277 e. The van der Waals surface area contributed by atoms with Gasteiger partial charge in [0.05, 0.1) is 11.4 Å². The minimum atomic E-state index is -0.543. The minimum Gasteiger partial charge on any atom is -0.395 e. The Bertz CT molecular complexity index is 482. The molecule has 1 aromatic heterocycles. The molecule has 1 unspecified atom stereocenters. The Hall–Kier alpha value is -2.05. The van der Waals surface area contributed by atoms with Crippen molar-refractivity contribution in [3.63, 3.8) is 0 Å². The number of H-pyrrole nitrogens is 1. The number of aromatic amines is 1. The van der Waals surface area contributed by atoms with E-state index in [0.717, 1.165) is 12.1 Å². The van der Waals surface area contributed by atoms with E-state index in [4.69, 9.17) is 11.5 Å². The molecular formula is C11H17N5O2. The second kappa shape index (κ2) is 4.67. The lowest BCUT2D eigenvalue weighted by Gasteiger charge is -2.21. The van der Waals surface area contributed by atoms with Crippen molar-refractivity contribution >= 4 is 17.5 Å². The number of likely N-dealkylation sites (tertiary alicyclic amines) is 1. The van der Waals surface area contributed by atoms with Crippen LogP contribution in [0.2, 0.25) is 0 Å². The van der Waals surface area contributed by atoms with Crippen LogP contribution in [0.5, 0.6) is 0 Å². The number of nitrogens with one attached hydrogen (secondary N) is 1. The molecule has 98 valence electrons. The maximum atomic E-state index is 12.3. The van der Waals surface area contributed by atoms with Crippen molar-refractivity contribution in [2.45, 2.75) is 32.2 Å². The van der Waals surface area contributed by atoms with Gasteiger partial charge in [-0.2, -0.15) is 5.10 Å². The van der Waals surface area contributed by atoms with Crippen LogP contribution in [0, 0.1) is 0 Å². The first-order chi connectivity index (χ1) is 8.56. The van der Waals surface area contributed by atoms with E-state index in [1.54, 1.807) is 0 Å². The standard InChI is InChI=1S/C11H17N5O2/c1-2-6-8(12)9(15-14-6)11(18)16-5-3-4-7(16)10(13)17/h7H,2-5,12H2,1H3,(H2,13,17)(H,14,15). The Morgan fingerprint density at radius 2 is 2.28 bits per heavy atom. The molecule has 0 aliphatic carbocycles. The molecule has 0 saturated carbocycles. The molecule has 1 aliphatic heterocycles. The van der Waals surface area contributed by atoms with Gasteiger partial charge in [-0.15, -0.1) is 0 Å². The molecule has 2 rings (SSSR count). The predicted molar refractivity (Wildman–Crippen MR) is 65.6 cm³/mol. The molecular weight excluding hydrogens is 234 g/mol. The van der Waals surface area contributed by atoms with Crippen molar-refractivity contribution in [2.75, 3.05) is 12.3 Å². The quantitative estimate of drug-likeness (QED) is 0.680. The third kappa shape index (κ3) is 1.92. The highest BCUT2D eigenvalue weighted by Gasteiger charge is 2.35. The number of anilines is 1. The number of hydrogen-bond acceptors (Lipinski definition) is 4. The molecule has 7 heteroatoms. The molecule has 1 atom stereocenters. The van der Waals surface area contributed by atoms with Gasteiger partial charge in [0.15, 0.2) is 5.69 Å². The van der Waals surface area contributed by atoms with Crippen molar-refractivity contribution < 1.29 is 9.59 Å². The zero-order valence-corrected chi connectivity index (χ0v) is 10.3. The number of aryl methyl sites for hydroxylation is 1. The molecule has 7 nitrogen and oxygen atoms in total. The van der Waals surface area contributed by atoms with Crippen LogP contribution in [0.3, 0.4) is 0 Å². The van der Waals surface area contributed by atoms with Gasteiger partial charge >= 0.3 is 0 Å². The molecule has 1 fully saturated rings. The first-order valence-corrected chi connectivity index (χ1v) is 5.99. The number of aromatic nitrogens is 2. The fourth-order valence-corrected chi connectivity index (χ4v) is 2.26. The summed E-state index contributed by atoms with van der Waals surface area (Å²) in [6.45, 7) is 2.43. The van der Waals surface area contributed by atoms with Gasteiger partial charge in [0, 0.05) is 6.54 Å². The van der Waals surface area contributed by atoms with Crippen molar-refractivity contribution in [2.24, 2.45) is 5.73 Å². The highest BCUT2D eigenvalue weighted by atomic mass is 16.2. The van der Waals surface area contributed by atoms with Crippen molar-refractivity contribution in [1.29, 1.82) is 0 Å². The second-order valence-electron chi connectivity index (χ2n) is 4.38. The van der Waals surface area contributed by atoms with Gasteiger partial charge in [0.25, 0.3) is 5.91 Å². The van der Waals surface area contributed by atoms with E-state index in [1.165, 1.54) is 4.90 Å². The van der Waals surface area contributed by atoms with E-state index in [9.17, 15) is 9.59 Å². The van der Waals surface area contributed by atoms with Crippen LogP contribution in [0.15, 0.2) is 0 Å². The first-order valence-electron chi connectivity index (χ1n) is 5.99. The Balaban J connectivity index is 2.25. The monoisotopic (exact) mass is 251 g/mol. The summed E-state index contributed by atoms with van der Waals surface area (Å²) in [5.74, 6) is -0.810. The Kier molecular flexibility index (Phi) is 3.22. The molecule has 1 saturated heterocycles. The number of carbonyl (C=O) groups excluding carboxylic acids is 2. The zero-order chi connectivity index (χ0) is 13.3. The number of nitrogens with zero attached hydrogens (tertiary/aromatic N) is 2. The Morgan fingerprint density at radius 3 is 2.83 bits per heavy atom. The molecule has 1 aromatic rings. The SMILES string of the molecule is CCc1[nH]nc(C(=O)N2CCCC2C(N)=O)c1N. The van der Waals surface area contributed by atoms with Crippen LogP contribution in [-0.4, -0.2) is 39.5 Å². The lowest BCUT2D eigenvalue weighted by atomic mass is 10.2. The van der Waals surface area contributed by atoms with Gasteiger partial charge in [-0.1, -0.05) is 6.92 Å². The molecule has 1 aliphatic rings. The summed E-state index contributed by atoms with van der Waals surface area (Å²) in [5.41, 5.74) is 12.4. The van der Waals surface area contributed by atoms with E-state index >= 15 is 0 Å². The van der Waals surface area contributed by atoms with E-state index in [2.05, 4.69) is 10.2 Å². The fraction of sp³-hybridized carbons (Fsp3) is 0.545. The summed E-state index contributed by atoms with van der Waals surface area (Å²) in [6.07, 6.45) is 2.04. The highest BCUT2D eigenvalue weighted by molar-refractivity contribution is 6.00. The predicted octanol–water partition coefficient (Wildman–Crippen LogP) is -0.356. The van der Waals surface area contributed by atoms with E-state index < -0.39 is 11.9 Å². The summed E-state index contributed by atoms with van der Waals surface area (Å²) >= 11 is 0. The van der Waals surface area contributed by atoms with E-state index in [1.807, 2.05) is 6.92 Å². The summed E-state index contributed by atoms with van der Waals surface area (Å²) in [7, 11) is 0. The van der Waals surface area contributed by atoms with E-state index in [0.29, 0.717) is 25.1 Å². The molecule has 0 bridgehead atoms. The van der Waals surface area contributed by atoms with Gasteiger partial charge < -0.3 is 16.4 Å². The lowest BCUT2D eigenvalue weighted by molar-refractivity contribution is -0.121. The number of carbonyl (C=O) groups is 2. The molecule has 0 aromatic carbocycles. The maximum absolute atomic E-state index is 12.3. The average molecular weight is 251 g/mol. The number of nitrogen functional groups attached to an aromatic ring is 1. The van der Waals surface area contributed by atoms with Crippen LogP contribution >= 0.6 is 0 Å². The smallest absolute Gasteiger partial charge is 0.277 e. The average Bonchev–Trinajstić information content (AvgIpc) is 2.94. The summed E-state index contributed by atoms with van der Waals surface area (Å²) in [4.78, 5) is 25.0. The minimum absolute atomic E-state index is 0.181. The normalized spacial score (nSPS) is 19.2. The van der Waals surface area contributed by atoms with Crippen molar-refractivity contribution in [3.8, 4) is 0 Å². The summed E-state index contributed by atoms with van der Waals surface area (Å²) in [6, 6.07) is -0.543. The number of amides is 2. The number of hydrogen-bond donors (Lipinski definition) is 3. The third-order valence-corrected chi connectivity index (χ3v) is 3.28. The van der Waals surface area contributed by atoms with Gasteiger partial charge in [-0.3, -0.25) is 14.7 Å². The molecule has 5 N–H and O–H groups in total. The van der Waals surface area contributed by atoms with Crippen LogP contribution in [0.25, 0.3) is 0 Å². The van der Waals surface area contributed by atoms with Gasteiger partial charge in [0.2, 0.25) is 5.91 Å². The van der Waals surface area contributed by atoms with Crippen LogP contribution < -0.4 is 11.5 Å². The summed E-state index contributed by atoms with van der Waals surface area (Å²) < 4.78 is 0. The second-order valence-corrected chi connectivity index (χ2v) is 4.38. The molecule has 18 heavy (non-hydrogen) atoms. The Labute approximate surface area is 105 Å². The largest absolute Gasteiger partial charge is 0.395 e. The lowest BCUT2D eigenvalue weighted by Crippen LogP contribution is -2.44. The van der Waals surface area contributed by atoms with Crippen molar-refractivity contribution in [1.82, 2.24) is 15.1 Å². The van der Waals surface area contributed by atoms with Crippen LogP contribution in [0.4, 0.5) is 5.69 Å². The Morgan fingerprint density at radius 1 is 1.56 bits per heavy atom. The van der Waals surface area contributed by atoms with Gasteiger partial charge in [-0.25, -0.2) is 0 Å². The molecule has 2 heterocycles. The van der Waals surface area contributed by atoms with E-state index in [-0.39, 0.29) is 11.6 Å². The van der Waals surface area contributed by atoms with Crippen LogP contribution in [0.1, 0.15) is 35.9 Å². The van der Waals surface area contributed by atoms with Crippen LogP contribution in [-0.2, 0) is 11.2 Å². The van der Waals surface area contributed by atoms with Gasteiger partial charge in [-0.05, 0) is 19.3 Å². The van der Waals surface area contributed by atoms with Gasteiger partial charge in [0.1, 0.15) is 6.04 Å². The fourth-order valence-electron chi connectivity index (χ4n) is 2.26. The third-order valence-electron chi connectivity index (χ3n) is 3.28.